The van der Waals surface area contributed by atoms with Gasteiger partial charge in [-0.05, 0) is 25.3 Å². The molecule has 0 radical (unpaired) electrons. The van der Waals surface area contributed by atoms with E-state index >= 15 is 0 Å². The van der Waals surface area contributed by atoms with Crippen molar-refractivity contribution in [1.82, 2.24) is 5.32 Å². The zero-order valence-corrected chi connectivity index (χ0v) is 10.00. The largest absolute Gasteiger partial charge is 0.368 e. The Labute approximate surface area is 96.9 Å². The number of primary amides is 1. The minimum atomic E-state index is -0.514. The first kappa shape index (κ1) is 14.9. The molecule has 0 aliphatic rings. The normalized spacial score (nSPS) is 12.1. The van der Waals surface area contributed by atoms with Crippen LogP contribution >= 0.6 is 0 Å². The number of amides is 2. The van der Waals surface area contributed by atoms with Gasteiger partial charge in [-0.25, -0.2) is 0 Å². The highest BCUT2D eigenvalue weighted by molar-refractivity contribution is 5.83. The Kier molecular flexibility index (Phi) is 8.52. The molecule has 0 aromatic rings. The monoisotopic (exact) mass is 229 g/mol. The van der Waals surface area contributed by atoms with Crippen molar-refractivity contribution in [3.63, 3.8) is 0 Å². The highest BCUT2D eigenvalue weighted by atomic mass is 16.2. The molecule has 16 heavy (non-hydrogen) atoms. The van der Waals surface area contributed by atoms with Crippen molar-refractivity contribution in [2.45, 2.75) is 39.0 Å². The van der Waals surface area contributed by atoms with E-state index < -0.39 is 5.91 Å². The van der Waals surface area contributed by atoms with Gasteiger partial charge in [-0.3, -0.25) is 9.59 Å². The Bertz CT molecular complexity index is 213. The predicted molar refractivity (Wildman–Crippen MR) is 63.5 cm³/mol. The minimum absolute atomic E-state index is 0.0752. The molecule has 94 valence electrons. The molecular formula is C11H23N3O2. The summed E-state index contributed by atoms with van der Waals surface area (Å²) in [6, 6.07) is 0. The van der Waals surface area contributed by atoms with Crippen LogP contribution in [0.4, 0.5) is 0 Å². The van der Waals surface area contributed by atoms with Gasteiger partial charge < -0.3 is 16.8 Å². The summed E-state index contributed by atoms with van der Waals surface area (Å²) in [5.74, 6) is -0.119. The van der Waals surface area contributed by atoms with Crippen LogP contribution < -0.4 is 16.8 Å². The molecule has 0 saturated carbocycles. The smallest absolute Gasteiger partial charge is 0.236 e. The summed E-state index contributed by atoms with van der Waals surface area (Å²) >= 11 is 0. The van der Waals surface area contributed by atoms with E-state index in [2.05, 4.69) is 12.2 Å². The summed E-state index contributed by atoms with van der Waals surface area (Å²) in [5.41, 5.74) is 10.4. The fourth-order valence-corrected chi connectivity index (χ4v) is 1.69. The molecule has 1 atom stereocenters. The lowest BCUT2D eigenvalue weighted by molar-refractivity contribution is -0.125. The van der Waals surface area contributed by atoms with Gasteiger partial charge in [-0.15, -0.1) is 0 Å². The number of carbonyl (C=O) groups excluding carboxylic acids is 2. The molecule has 0 aliphatic heterocycles. The van der Waals surface area contributed by atoms with Crippen molar-refractivity contribution < 1.29 is 9.59 Å². The zero-order chi connectivity index (χ0) is 12.4. The van der Waals surface area contributed by atoms with Crippen LogP contribution in [0.1, 0.15) is 39.0 Å². The Balaban J connectivity index is 3.72. The van der Waals surface area contributed by atoms with Crippen LogP contribution in [0.15, 0.2) is 0 Å². The van der Waals surface area contributed by atoms with Crippen LogP contribution in [-0.2, 0) is 9.59 Å². The number of hydrogen-bond acceptors (Lipinski definition) is 3. The first-order chi connectivity index (χ1) is 7.60. The van der Waals surface area contributed by atoms with Crippen molar-refractivity contribution in [2.24, 2.45) is 17.4 Å². The number of carbonyl (C=O) groups is 2. The first-order valence-electron chi connectivity index (χ1n) is 5.85. The van der Waals surface area contributed by atoms with E-state index in [1.54, 1.807) is 0 Å². The van der Waals surface area contributed by atoms with E-state index in [9.17, 15) is 9.59 Å². The third kappa shape index (κ3) is 8.23. The summed E-state index contributed by atoms with van der Waals surface area (Å²) in [4.78, 5) is 21.7. The second-order valence-corrected chi connectivity index (χ2v) is 4.01. The molecular weight excluding hydrogens is 206 g/mol. The van der Waals surface area contributed by atoms with Crippen molar-refractivity contribution in [3.05, 3.63) is 0 Å². The standard InChI is InChI=1S/C11H23N3O2/c1-2-3-9(6-7-12)4-5-11(16)14-8-10(13)15/h9H,2-8,12H2,1H3,(H2,13,15)(H,14,16). The Morgan fingerprint density at radius 1 is 1.25 bits per heavy atom. The fraction of sp³-hybridized carbons (Fsp3) is 0.818. The van der Waals surface area contributed by atoms with E-state index in [4.69, 9.17) is 11.5 Å². The van der Waals surface area contributed by atoms with Crippen molar-refractivity contribution in [3.8, 4) is 0 Å². The van der Waals surface area contributed by atoms with Crippen LogP contribution in [0, 0.1) is 5.92 Å². The SMILES string of the molecule is CCCC(CCN)CCC(=O)NCC(N)=O. The van der Waals surface area contributed by atoms with Crippen LogP contribution in [0.25, 0.3) is 0 Å². The van der Waals surface area contributed by atoms with Gasteiger partial charge in [-0.1, -0.05) is 19.8 Å². The third-order valence-corrected chi connectivity index (χ3v) is 2.51. The van der Waals surface area contributed by atoms with Crippen LogP contribution in [0.2, 0.25) is 0 Å². The van der Waals surface area contributed by atoms with Gasteiger partial charge in [0.1, 0.15) is 0 Å². The molecule has 0 aromatic heterocycles. The van der Waals surface area contributed by atoms with Gasteiger partial charge in [0.2, 0.25) is 11.8 Å². The molecule has 0 heterocycles. The van der Waals surface area contributed by atoms with E-state index in [0.29, 0.717) is 18.9 Å². The molecule has 5 N–H and O–H groups in total. The lowest BCUT2D eigenvalue weighted by atomic mass is 9.94. The number of nitrogens with one attached hydrogen (secondary N) is 1. The molecule has 0 bridgehead atoms. The topological polar surface area (TPSA) is 98.2 Å². The number of nitrogens with two attached hydrogens (primary N) is 2. The maximum atomic E-state index is 11.3. The summed E-state index contributed by atoms with van der Waals surface area (Å²) in [6.07, 6.45) is 4.43. The van der Waals surface area contributed by atoms with Crippen molar-refractivity contribution in [1.29, 1.82) is 0 Å². The average Bonchev–Trinajstić information content (AvgIpc) is 2.23. The molecule has 0 aliphatic carbocycles. The van der Waals surface area contributed by atoms with Gasteiger partial charge in [0.05, 0.1) is 6.54 Å². The van der Waals surface area contributed by atoms with Crippen LogP contribution in [0.3, 0.4) is 0 Å². The molecule has 0 rings (SSSR count). The lowest BCUT2D eigenvalue weighted by Gasteiger charge is -2.14. The molecule has 5 nitrogen and oxygen atoms in total. The van der Waals surface area contributed by atoms with Crippen molar-refractivity contribution in [2.75, 3.05) is 13.1 Å². The van der Waals surface area contributed by atoms with E-state index in [1.165, 1.54) is 0 Å². The maximum absolute atomic E-state index is 11.3. The van der Waals surface area contributed by atoms with Gasteiger partial charge in [0.25, 0.3) is 0 Å². The first-order valence-corrected chi connectivity index (χ1v) is 5.85. The highest BCUT2D eigenvalue weighted by Crippen LogP contribution is 2.16. The summed E-state index contributed by atoms with van der Waals surface area (Å²) in [6.45, 7) is 2.71. The summed E-state index contributed by atoms with van der Waals surface area (Å²) in [7, 11) is 0. The summed E-state index contributed by atoms with van der Waals surface area (Å²) < 4.78 is 0. The maximum Gasteiger partial charge on any atom is 0.236 e. The van der Waals surface area contributed by atoms with Gasteiger partial charge >= 0.3 is 0 Å². The van der Waals surface area contributed by atoms with Crippen molar-refractivity contribution >= 4 is 11.8 Å². The quantitative estimate of drug-likeness (QED) is 0.524. The average molecular weight is 229 g/mol. The second kappa shape index (κ2) is 9.15. The lowest BCUT2D eigenvalue weighted by Crippen LogP contribution is -2.33. The molecule has 5 heteroatoms. The fourth-order valence-electron chi connectivity index (χ4n) is 1.69. The number of hydrogen-bond donors (Lipinski definition) is 3. The van der Waals surface area contributed by atoms with Crippen LogP contribution in [-0.4, -0.2) is 24.9 Å². The Morgan fingerprint density at radius 2 is 1.94 bits per heavy atom. The third-order valence-electron chi connectivity index (χ3n) is 2.51. The van der Waals surface area contributed by atoms with Gasteiger partial charge in [0, 0.05) is 6.42 Å². The van der Waals surface area contributed by atoms with Gasteiger partial charge in [0.15, 0.2) is 0 Å². The van der Waals surface area contributed by atoms with Crippen LogP contribution in [0.5, 0.6) is 0 Å². The highest BCUT2D eigenvalue weighted by Gasteiger charge is 2.10. The predicted octanol–water partition coefficient (Wildman–Crippen LogP) is 0.133. The number of rotatable bonds is 9. The molecule has 2 amide bonds. The van der Waals surface area contributed by atoms with E-state index in [1.807, 2.05) is 0 Å². The second-order valence-electron chi connectivity index (χ2n) is 4.01. The molecule has 0 saturated heterocycles. The summed E-state index contributed by atoms with van der Waals surface area (Å²) in [5, 5.41) is 2.48. The van der Waals surface area contributed by atoms with Gasteiger partial charge in [-0.2, -0.15) is 0 Å². The Morgan fingerprint density at radius 3 is 2.44 bits per heavy atom. The molecule has 0 aromatic carbocycles. The van der Waals surface area contributed by atoms with E-state index in [0.717, 1.165) is 25.7 Å². The molecule has 1 unspecified atom stereocenters. The minimum Gasteiger partial charge on any atom is -0.368 e. The van der Waals surface area contributed by atoms with E-state index in [-0.39, 0.29) is 12.5 Å². The Hall–Kier alpha value is -1.10. The zero-order valence-electron chi connectivity index (χ0n) is 10.00. The molecule has 0 fully saturated rings. The molecule has 0 spiro atoms.